The highest BCUT2D eigenvalue weighted by molar-refractivity contribution is 7.91. The number of carbonyl (C=O) groups excluding carboxylic acids is 1. The third kappa shape index (κ3) is 4.87. The van der Waals surface area contributed by atoms with E-state index in [2.05, 4.69) is 0 Å². The average molecular weight is 385 g/mol. The van der Waals surface area contributed by atoms with E-state index in [1.165, 1.54) is 0 Å². The van der Waals surface area contributed by atoms with Crippen LogP contribution in [0.5, 0.6) is 0 Å². The van der Waals surface area contributed by atoms with Crippen molar-refractivity contribution in [1.82, 2.24) is 10.3 Å². The van der Waals surface area contributed by atoms with E-state index in [0.29, 0.717) is 6.42 Å². The van der Waals surface area contributed by atoms with Gasteiger partial charge in [-0.15, -0.1) is 4.83 Å². The van der Waals surface area contributed by atoms with Gasteiger partial charge in [0, 0.05) is 6.42 Å². The maximum atomic E-state index is 12.9. The summed E-state index contributed by atoms with van der Waals surface area (Å²) in [5.41, 5.74) is 1.99. The van der Waals surface area contributed by atoms with Crippen LogP contribution in [-0.2, 0) is 24.7 Å². The Bertz CT molecular complexity index is 826. The van der Waals surface area contributed by atoms with Crippen molar-refractivity contribution in [3.05, 3.63) is 29.0 Å². The maximum Gasteiger partial charge on any atom is 0.258 e. The van der Waals surface area contributed by atoms with E-state index in [1.54, 1.807) is 0 Å². The van der Waals surface area contributed by atoms with Crippen LogP contribution in [0.2, 0.25) is 5.02 Å². The van der Waals surface area contributed by atoms with Crippen LogP contribution >= 0.6 is 11.6 Å². The molecule has 0 aliphatic carbocycles. The van der Waals surface area contributed by atoms with E-state index in [0.717, 1.165) is 18.2 Å². The number of nitrogens with one attached hydrogen (secondary N) is 2. The SMILES string of the molecule is O=C(C[C@H]1CCS(=O)(=O)C1)NNS(=O)(=O)c1ccc(F)cc1Cl. The first-order chi connectivity index (χ1) is 10.6. The van der Waals surface area contributed by atoms with E-state index >= 15 is 0 Å². The Kier molecular flexibility index (Phi) is 5.29. The van der Waals surface area contributed by atoms with Crippen molar-refractivity contribution in [3.8, 4) is 0 Å². The molecule has 1 amide bonds. The normalized spacial score (nSPS) is 20.3. The zero-order valence-corrected chi connectivity index (χ0v) is 14.1. The number of hydrogen-bond donors (Lipinski definition) is 2. The fourth-order valence-corrected chi connectivity index (χ4v) is 5.47. The molecule has 1 atom stereocenters. The van der Waals surface area contributed by atoms with Gasteiger partial charge in [-0.1, -0.05) is 11.6 Å². The summed E-state index contributed by atoms with van der Waals surface area (Å²) in [6.45, 7) is 0. The minimum absolute atomic E-state index is 0.0296. The summed E-state index contributed by atoms with van der Waals surface area (Å²) in [5.74, 6) is -1.74. The molecule has 1 aliphatic heterocycles. The van der Waals surface area contributed by atoms with Crippen LogP contribution in [0, 0.1) is 11.7 Å². The van der Waals surface area contributed by atoms with Crippen molar-refractivity contribution in [2.75, 3.05) is 11.5 Å². The van der Waals surface area contributed by atoms with Crippen molar-refractivity contribution in [2.24, 2.45) is 5.92 Å². The van der Waals surface area contributed by atoms with Crippen LogP contribution < -0.4 is 10.3 Å². The van der Waals surface area contributed by atoms with Gasteiger partial charge in [-0.2, -0.15) is 0 Å². The first-order valence-electron chi connectivity index (χ1n) is 6.55. The molecular formula is C12H14ClFN2O5S2. The van der Waals surface area contributed by atoms with Gasteiger partial charge < -0.3 is 0 Å². The molecule has 0 spiro atoms. The molecule has 0 aromatic heterocycles. The molecule has 0 radical (unpaired) electrons. The van der Waals surface area contributed by atoms with Crippen molar-refractivity contribution in [3.63, 3.8) is 0 Å². The smallest absolute Gasteiger partial charge is 0.258 e. The van der Waals surface area contributed by atoms with Crippen molar-refractivity contribution in [1.29, 1.82) is 0 Å². The molecule has 23 heavy (non-hydrogen) atoms. The van der Waals surface area contributed by atoms with Crippen molar-refractivity contribution < 1.29 is 26.0 Å². The molecule has 0 bridgehead atoms. The Hall–Kier alpha value is -1.23. The molecule has 0 unspecified atom stereocenters. The Morgan fingerprint density at radius 2 is 2.09 bits per heavy atom. The zero-order chi connectivity index (χ0) is 17.3. The van der Waals surface area contributed by atoms with Crippen LogP contribution in [0.25, 0.3) is 0 Å². The highest BCUT2D eigenvalue weighted by atomic mass is 35.5. The second-order valence-corrected chi connectivity index (χ2v) is 9.49. The minimum atomic E-state index is -4.16. The highest BCUT2D eigenvalue weighted by Crippen LogP contribution is 2.22. The van der Waals surface area contributed by atoms with Gasteiger partial charge >= 0.3 is 0 Å². The molecule has 2 N–H and O–H groups in total. The molecule has 1 fully saturated rings. The largest absolute Gasteiger partial charge is 0.278 e. The Morgan fingerprint density at radius 3 is 2.65 bits per heavy atom. The van der Waals surface area contributed by atoms with Gasteiger partial charge in [0.15, 0.2) is 9.84 Å². The number of benzene rings is 1. The third-order valence-electron chi connectivity index (χ3n) is 3.31. The number of sulfonamides is 1. The highest BCUT2D eigenvalue weighted by Gasteiger charge is 2.29. The van der Waals surface area contributed by atoms with E-state index in [4.69, 9.17) is 11.6 Å². The quantitative estimate of drug-likeness (QED) is 0.723. The topological polar surface area (TPSA) is 109 Å². The van der Waals surface area contributed by atoms with Crippen LogP contribution in [0.1, 0.15) is 12.8 Å². The molecule has 1 aliphatic rings. The van der Waals surface area contributed by atoms with Gasteiger partial charge in [0.2, 0.25) is 5.91 Å². The van der Waals surface area contributed by atoms with Crippen LogP contribution in [0.15, 0.2) is 23.1 Å². The Balaban J connectivity index is 1.95. The summed E-state index contributed by atoms with van der Waals surface area (Å²) in [4.78, 5) is 13.2. The molecular weight excluding hydrogens is 371 g/mol. The zero-order valence-electron chi connectivity index (χ0n) is 11.8. The first-order valence-corrected chi connectivity index (χ1v) is 10.2. The van der Waals surface area contributed by atoms with E-state index in [9.17, 15) is 26.0 Å². The van der Waals surface area contributed by atoms with Gasteiger partial charge in [0.25, 0.3) is 10.0 Å². The van der Waals surface area contributed by atoms with Crippen LogP contribution in [0.3, 0.4) is 0 Å². The summed E-state index contributed by atoms with van der Waals surface area (Å²) in [6, 6.07) is 2.72. The number of halogens is 2. The lowest BCUT2D eigenvalue weighted by Crippen LogP contribution is -2.42. The first kappa shape index (κ1) is 18.1. The van der Waals surface area contributed by atoms with Gasteiger partial charge in [0.1, 0.15) is 10.7 Å². The molecule has 7 nitrogen and oxygen atoms in total. The maximum absolute atomic E-state index is 12.9. The van der Waals surface area contributed by atoms with Gasteiger partial charge in [-0.3, -0.25) is 10.2 Å². The fraction of sp³-hybridized carbons (Fsp3) is 0.417. The Morgan fingerprint density at radius 1 is 1.39 bits per heavy atom. The Labute approximate surface area is 138 Å². The second-order valence-electron chi connectivity index (χ2n) is 5.20. The van der Waals surface area contributed by atoms with Crippen molar-refractivity contribution >= 4 is 37.4 Å². The number of hydrogen-bond acceptors (Lipinski definition) is 5. The fourth-order valence-electron chi connectivity index (χ4n) is 2.22. The van der Waals surface area contributed by atoms with Crippen molar-refractivity contribution in [2.45, 2.75) is 17.7 Å². The van der Waals surface area contributed by atoms with E-state index in [-0.39, 0.29) is 33.8 Å². The predicted octanol–water partition coefficient (Wildman–Crippen LogP) is 0.613. The molecule has 128 valence electrons. The lowest BCUT2D eigenvalue weighted by atomic mass is 10.1. The van der Waals surface area contributed by atoms with Crippen LogP contribution in [0.4, 0.5) is 4.39 Å². The average Bonchev–Trinajstić information content (AvgIpc) is 2.75. The standard InChI is InChI=1S/C12H14ClFN2O5S2/c13-10-6-9(14)1-2-11(10)23(20,21)16-15-12(17)5-8-3-4-22(18,19)7-8/h1-2,6,8,16H,3-5,7H2,(H,15,17)/t8-/m1/s1. The number of amides is 1. The van der Waals surface area contributed by atoms with Gasteiger partial charge in [-0.05, 0) is 30.5 Å². The molecule has 1 heterocycles. The molecule has 1 saturated heterocycles. The summed E-state index contributed by atoms with van der Waals surface area (Å²) in [6.07, 6.45) is 0.255. The molecule has 2 rings (SSSR count). The molecule has 11 heteroatoms. The van der Waals surface area contributed by atoms with Gasteiger partial charge in [-0.25, -0.2) is 21.2 Å². The summed E-state index contributed by atoms with van der Waals surface area (Å²) in [7, 11) is -7.27. The third-order valence-corrected chi connectivity index (χ3v) is 6.88. The molecule has 0 saturated carbocycles. The number of sulfone groups is 1. The van der Waals surface area contributed by atoms with E-state index < -0.39 is 31.6 Å². The predicted molar refractivity (Wildman–Crippen MR) is 81.3 cm³/mol. The molecule has 1 aromatic carbocycles. The number of rotatable bonds is 5. The number of hydrazine groups is 1. The summed E-state index contributed by atoms with van der Waals surface area (Å²) >= 11 is 5.66. The molecule has 1 aromatic rings. The second kappa shape index (κ2) is 6.71. The van der Waals surface area contributed by atoms with E-state index in [1.807, 2.05) is 10.3 Å². The summed E-state index contributed by atoms with van der Waals surface area (Å²) in [5, 5.41) is -0.325. The number of carbonyl (C=O) groups is 1. The summed E-state index contributed by atoms with van der Waals surface area (Å²) < 4.78 is 59.5. The monoisotopic (exact) mass is 384 g/mol. The minimum Gasteiger partial charge on any atom is -0.278 e. The lowest BCUT2D eigenvalue weighted by Gasteiger charge is -2.11. The lowest BCUT2D eigenvalue weighted by molar-refractivity contribution is -0.122. The van der Waals surface area contributed by atoms with Gasteiger partial charge in [0.05, 0.1) is 16.5 Å². The van der Waals surface area contributed by atoms with Crippen LogP contribution in [-0.4, -0.2) is 34.2 Å².